The minimum Gasteiger partial charge on any atom is -0.363 e. The second-order valence-corrected chi connectivity index (χ2v) is 5.88. The zero-order chi connectivity index (χ0) is 9.72. The van der Waals surface area contributed by atoms with Gasteiger partial charge in [0.15, 0.2) is 0 Å². The van der Waals surface area contributed by atoms with Gasteiger partial charge in [0, 0.05) is 28.2 Å². The van der Waals surface area contributed by atoms with Crippen molar-refractivity contribution in [2.24, 2.45) is 0 Å². The summed E-state index contributed by atoms with van der Waals surface area (Å²) in [6.45, 7) is 0. The Morgan fingerprint density at radius 2 is 1.07 bits per heavy atom. The Kier molecular flexibility index (Phi) is 15.6. The predicted molar refractivity (Wildman–Crippen MR) is 85.4 cm³/mol. The van der Waals surface area contributed by atoms with E-state index in [4.69, 9.17) is 24.4 Å². The fourth-order valence-corrected chi connectivity index (χ4v) is 2.60. The first-order chi connectivity index (χ1) is 5.45. The van der Waals surface area contributed by atoms with Crippen LogP contribution in [0.3, 0.4) is 0 Å². The zero-order valence-electron chi connectivity index (χ0n) is 8.44. The third-order valence-electron chi connectivity index (χ3n) is 0.915. The molecule has 8 heteroatoms. The first-order valence-electron chi connectivity index (χ1n) is 3.22. The average molecular weight is 311 g/mol. The molecular weight excluding hydrogens is 296 g/mol. The lowest BCUT2D eigenvalue weighted by Gasteiger charge is -2.15. The summed E-state index contributed by atoms with van der Waals surface area (Å²) >= 11 is 10.1. The van der Waals surface area contributed by atoms with E-state index in [0.29, 0.717) is 0 Å². The van der Waals surface area contributed by atoms with Crippen LogP contribution in [0.2, 0.25) is 0 Å². The second-order valence-electron chi connectivity index (χ2n) is 2.49. The summed E-state index contributed by atoms with van der Waals surface area (Å²) in [6.07, 6.45) is 0. The fourth-order valence-electron chi connectivity index (χ4n) is 0.220. The molecule has 0 aliphatic rings. The molecule has 0 aliphatic carbocycles. The van der Waals surface area contributed by atoms with E-state index >= 15 is 0 Å². The van der Waals surface area contributed by atoms with Crippen molar-refractivity contribution in [3.8, 4) is 0 Å². The maximum Gasteiger partial charge on any atom is 0.146 e. The van der Waals surface area contributed by atoms with Crippen LogP contribution in [0.1, 0.15) is 0 Å². The molecule has 0 unspecified atom stereocenters. The topological polar surface area (TPSA) is 6.48 Å². The molecule has 0 heterocycles. The summed E-state index contributed by atoms with van der Waals surface area (Å²) in [5.74, 6) is 0. The molecule has 0 atom stereocenters. The van der Waals surface area contributed by atoms with Crippen molar-refractivity contribution in [1.82, 2.24) is 9.80 Å². The molecule has 0 saturated carbocycles. The number of halogens is 1. The molecule has 0 amide bonds. The number of nitrogens with zero attached hydrogens (tertiary/aromatic N) is 2. The summed E-state index contributed by atoms with van der Waals surface area (Å²) < 4.78 is 1.67. The highest BCUT2D eigenvalue weighted by atomic mass is 35.5. The molecule has 2 nitrogen and oxygen atoms in total. The molecule has 0 fully saturated rings. The van der Waals surface area contributed by atoms with Gasteiger partial charge in [-0.05, 0) is 21.6 Å². The van der Waals surface area contributed by atoms with E-state index in [1.54, 1.807) is 0 Å². The molecule has 14 heavy (non-hydrogen) atoms. The smallest absolute Gasteiger partial charge is 0.146 e. The van der Waals surface area contributed by atoms with Crippen LogP contribution in [-0.4, -0.2) is 46.6 Å². The summed E-state index contributed by atoms with van der Waals surface area (Å²) in [6, 6.07) is 0. The van der Waals surface area contributed by atoms with Crippen molar-refractivity contribution in [1.29, 1.82) is 0 Å². The molecular formula is C6H15ClN2S5. The van der Waals surface area contributed by atoms with E-state index in [1.165, 1.54) is 21.6 Å². The van der Waals surface area contributed by atoms with Crippen LogP contribution in [0.5, 0.6) is 0 Å². The Labute approximate surface area is 118 Å². The molecule has 0 aromatic rings. The Balaban J connectivity index is -0.000000605. The number of hydrogen-bond donors (Lipinski definition) is 0. The Morgan fingerprint density at radius 1 is 0.857 bits per heavy atom. The zero-order valence-corrected chi connectivity index (χ0v) is 13.5. The predicted octanol–water partition coefficient (Wildman–Crippen LogP) is 2.60. The summed E-state index contributed by atoms with van der Waals surface area (Å²) in [7, 11) is 10.7. The van der Waals surface area contributed by atoms with Gasteiger partial charge in [-0.1, -0.05) is 24.4 Å². The quantitative estimate of drug-likeness (QED) is 0.497. The van der Waals surface area contributed by atoms with E-state index < -0.39 is 0 Å². The molecule has 0 bridgehead atoms. The van der Waals surface area contributed by atoms with Gasteiger partial charge in [0.05, 0.1) is 0 Å². The van der Waals surface area contributed by atoms with Gasteiger partial charge >= 0.3 is 0 Å². The van der Waals surface area contributed by atoms with Crippen LogP contribution in [0, 0.1) is 0 Å². The molecule has 0 aromatic heterocycles. The van der Waals surface area contributed by atoms with Gasteiger partial charge in [0.2, 0.25) is 0 Å². The molecule has 0 rings (SSSR count). The molecule has 0 spiro atoms. The maximum absolute atomic E-state index is 5.07. The third kappa shape index (κ3) is 9.67. The van der Waals surface area contributed by atoms with Crippen LogP contribution < -0.4 is 0 Å². The minimum atomic E-state index is 0. The second kappa shape index (κ2) is 10.6. The largest absolute Gasteiger partial charge is 0.363 e. The van der Waals surface area contributed by atoms with Gasteiger partial charge in [-0.15, -0.1) is 12.4 Å². The highest BCUT2D eigenvalue weighted by Crippen LogP contribution is 2.26. The van der Waals surface area contributed by atoms with E-state index in [2.05, 4.69) is 0 Å². The molecule has 86 valence electrons. The van der Waals surface area contributed by atoms with Crippen LogP contribution in [0.4, 0.5) is 0 Å². The average Bonchev–Trinajstić information content (AvgIpc) is 1.98. The highest BCUT2D eigenvalue weighted by molar-refractivity contribution is 8.89. The summed E-state index contributed by atoms with van der Waals surface area (Å²) in [5, 5.41) is 0. The van der Waals surface area contributed by atoms with Crippen molar-refractivity contribution < 1.29 is 0 Å². The Morgan fingerprint density at radius 3 is 1.21 bits per heavy atom. The first-order valence-corrected chi connectivity index (χ1v) is 6.19. The lowest BCUT2D eigenvalue weighted by atomic mass is 11.0. The number of hydrogen-bond acceptors (Lipinski definition) is 4. The van der Waals surface area contributed by atoms with Gasteiger partial charge in [0.25, 0.3) is 0 Å². The Bertz CT molecular complexity index is 165. The molecule has 0 radical (unpaired) electrons. The SMILES string of the molecule is CN(C)C(=S)SSC(=S)N(C)C.Cl.S. The van der Waals surface area contributed by atoms with E-state index in [1.807, 2.05) is 38.0 Å². The van der Waals surface area contributed by atoms with Gasteiger partial charge in [0.1, 0.15) is 8.64 Å². The van der Waals surface area contributed by atoms with Crippen molar-refractivity contribution >= 4 is 80.6 Å². The maximum atomic E-state index is 5.07. The van der Waals surface area contributed by atoms with E-state index in [0.717, 1.165) is 8.64 Å². The van der Waals surface area contributed by atoms with Crippen LogP contribution in [-0.2, 0) is 0 Å². The molecule has 0 aliphatic heterocycles. The normalized spacial score (nSPS) is 8.00. The van der Waals surface area contributed by atoms with E-state index in [-0.39, 0.29) is 25.9 Å². The van der Waals surface area contributed by atoms with E-state index in [9.17, 15) is 0 Å². The van der Waals surface area contributed by atoms with Gasteiger partial charge in [-0.2, -0.15) is 13.5 Å². The van der Waals surface area contributed by atoms with Gasteiger partial charge in [-0.3, -0.25) is 0 Å². The van der Waals surface area contributed by atoms with Crippen molar-refractivity contribution in [3.63, 3.8) is 0 Å². The lowest BCUT2D eigenvalue weighted by Crippen LogP contribution is -2.18. The van der Waals surface area contributed by atoms with Crippen LogP contribution in [0.15, 0.2) is 0 Å². The van der Waals surface area contributed by atoms with Crippen molar-refractivity contribution in [3.05, 3.63) is 0 Å². The number of rotatable bonds is 0. The van der Waals surface area contributed by atoms with Crippen molar-refractivity contribution in [2.45, 2.75) is 0 Å². The van der Waals surface area contributed by atoms with Crippen molar-refractivity contribution in [2.75, 3.05) is 28.2 Å². The Hall–Kier alpha value is 1.12. The fraction of sp³-hybridized carbons (Fsp3) is 0.667. The highest BCUT2D eigenvalue weighted by Gasteiger charge is 2.04. The summed E-state index contributed by atoms with van der Waals surface area (Å²) in [5.41, 5.74) is 0. The lowest BCUT2D eigenvalue weighted by molar-refractivity contribution is 0.647. The minimum absolute atomic E-state index is 0. The number of thiocarbonyl (C=S) groups is 2. The monoisotopic (exact) mass is 310 g/mol. The molecule has 0 saturated heterocycles. The van der Waals surface area contributed by atoms with Crippen LogP contribution in [0.25, 0.3) is 0 Å². The first kappa shape index (κ1) is 20.5. The van der Waals surface area contributed by atoms with Gasteiger partial charge < -0.3 is 9.80 Å². The standard InChI is InChI=1S/C6H12N2S4.ClH.H2S/c1-7(2)5(9)11-12-6(10)8(3)4;;/h1-4H3;1H;1H2. The molecule has 0 aromatic carbocycles. The van der Waals surface area contributed by atoms with Crippen LogP contribution >= 0.6 is 71.9 Å². The third-order valence-corrected chi connectivity index (χ3v) is 5.07. The van der Waals surface area contributed by atoms with Gasteiger partial charge in [-0.25, -0.2) is 0 Å². The summed E-state index contributed by atoms with van der Waals surface area (Å²) in [4.78, 5) is 3.79. The molecule has 0 N–H and O–H groups in total.